The summed E-state index contributed by atoms with van der Waals surface area (Å²) in [5, 5.41) is 13.9. The Morgan fingerprint density at radius 1 is 1.03 bits per heavy atom. The molecule has 0 saturated carbocycles. The number of fused-ring (bicyclic) bond motifs is 1. The Morgan fingerprint density at radius 3 is 2.49 bits per heavy atom. The Hall–Kier alpha value is -3.72. The second-order valence-corrected chi connectivity index (χ2v) is 10.1. The number of piperazine rings is 1. The van der Waals surface area contributed by atoms with E-state index >= 15 is 0 Å². The molecule has 2 aromatic carbocycles. The number of hydrogen-bond donors (Lipinski definition) is 1. The van der Waals surface area contributed by atoms with Gasteiger partial charge in [-0.05, 0) is 74.0 Å². The zero-order valence-corrected chi connectivity index (χ0v) is 22.0. The van der Waals surface area contributed by atoms with Gasteiger partial charge in [0.1, 0.15) is 11.8 Å². The van der Waals surface area contributed by atoms with Crippen molar-refractivity contribution in [2.24, 2.45) is 0 Å². The molecule has 0 radical (unpaired) electrons. The van der Waals surface area contributed by atoms with E-state index in [1.165, 1.54) is 5.69 Å². The number of nitrogens with zero attached hydrogens (tertiary/aromatic N) is 6. The third kappa shape index (κ3) is 4.96. The van der Waals surface area contributed by atoms with Gasteiger partial charge in [0.2, 0.25) is 0 Å². The largest absolute Gasteiger partial charge is 0.494 e. The van der Waals surface area contributed by atoms with Crippen molar-refractivity contribution in [2.75, 3.05) is 37.7 Å². The first-order valence-electron chi connectivity index (χ1n) is 13.0. The summed E-state index contributed by atoms with van der Waals surface area (Å²) < 4.78 is 7.61. The van der Waals surface area contributed by atoms with Crippen LogP contribution in [0.1, 0.15) is 51.5 Å². The molecule has 1 fully saturated rings. The van der Waals surface area contributed by atoms with Gasteiger partial charge in [-0.1, -0.05) is 25.1 Å². The third-order valence-electron chi connectivity index (χ3n) is 7.43. The fourth-order valence-corrected chi connectivity index (χ4v) is 4.98. The standard InChI is InChI=1S/C28H35N7O2/c1-5-28(3,4)35-26(30-31-32-35)25(34-16-14-33(15-17-34)21-10-8-7-9-11-21)23-19-20-18-22(37-6-2)12-13-24(20)29-27(23)36/h7-13,18-19,25H,5-6,14-17H2,1-4H3,(H,29,36)/t25-/m1/s1. The lowest BCUT2D eigenvalue weighted by Crippen LogP contribution is -2.49. The van der Waals surface area contributed by atoms with Crippen LogP contribution < -0.4 is 15.2 Å². The molecular formula is C28H35N7O2. The lowest BCUT2D eigenvalue weighted by molar-refractivity contribution is 0.186. The average Bonchev–Trinajstić information content (AvgIpc) is 3.41. The maximum absolute atomic E-state index is 13.5. The van der Waals surface area contributed by atoms with Crippen LogP contribution in [-0.2, 0) is 5.54 Å². The summed E-state index contributed by atoms with van der Waals surface area (Å²) in [5.41, 5.74) is 2.20. The van der Waals surface area contributed by atoms with E-state index < -0.39 is 0 Å². The number of aromatic nitrogens is 5. The van der Waals surface area contributed by atoms with E-state index in [0.717, 1.165) is 49.3 Å². The molecule has 0 spiro atoms. The molecule has 1 saturated heterocycles. The third-order valence-corrected chi connectivity index (χ3v) is 7.43. The van der Waals surface area contributed by atoms with Gasteiger partial charge in [-0.2, -0.15) is 0 Å². The van der Waals surface area contributed by atoms with E-state index in [-0.39, 0.29) is 17.1 Å². The highest BCUT2D eigenvalue weighted by atomic mass is 16.5. The first kappa shape index (κ1) is 25.0. The predicted octanol–water partition coefficient (Wildman–Crippen LogP) is 3.97. The number of hydrogen-bond acceptors (Lipinski definition) is 7. The number of benzene rings is 2. The number of para-hydroxylation sites is 1. The van der Waals surface area contributed by atoms with Crippen LogP contribution in [-0.4, -0.2) is 62.9 Å². The summed E-state index contributed by atoms with van der Waals surface area (Å²) in [4.78, 5) is 21.3. The predicted molar refractivity (Wildman–Crippen MR) is 145 cm³/mol. The molecular weight excluding hydrogens is 466 g/mol. The Bertz CT molecular complexity index is 1410. The van der Waals surface area contributed by atoms with Gasteiger partial charge in [-0.15, -0.1) is 5.10 Å². The highest BCUT2D eigenvalue weighted by molar-refractivity contribution is 5.80. The van der Waals surface area contributed by atoms with Crippen molar-refractivity contribution >= 4 is 16.6 Å². The fourth-order valence-electron chi connectivity index (χ4n) is 4.98. The van der Waals surface area contributed by atoms with Crippen molar-refractivity contribution in [3.05, 3.63) is 76.3 Å². The zero-order chi connectivity index (χ0) is 26.0. The molecule has 9 nitrogen and oxygen atoms in total. The summed E-state index contributed by atoms with van der Waals surface area (Å²) in [6.45, 7) is 12.1. The first-order chi connectivity index (χ1) is 17.9. The molecule has 1 aliphatic heterocycles. The van der Waals surface area contributed by atoms with Crippen molar-refractivity contribution in [1.29, 1.82) is 0 Å². The Balaban J connectivity index is 1.58. The molecule has 0 bridgehead atoms. The van der Waals surface area contributed by atoms with Crippen molar-refractivity contribution in [1.82, 2.24) is 30.1 Å². The number of rotatable bonds is 8. The maximum Gasteiger partial charge on any atom is 0.253 e. The van der Waals surface area contributed by atoms with Crippen molar-refractivity contribution in [2.45, 2.75) is 45.7 Å². The highest BCUT2D eigenvalue weighted by Crippen LogP contribution is 2.32. The molecule has 0 amide bonds. The molecule has 5 rings (SSSR count). The number of pyridine rings is 1. The Morgan fingerprint density at radius 2 is 1.78 bits per heavy atom. The fraction of sp³-hybridized carbons (Fsp3) is 0.429. The SMILES string of the molecule is CCOc1ccc2[nH]c(=O)c([C@H](c3nnnn3C(C)(C)CC)N3CCN(c4ccccc4)CC3)cc2c1. The monoisotopic (exact) mass is 501 g/mol. The summed E-state index contributed by atoms with van der Waals surface area (Å²) in [7, 11) is 0. The van der Waals surface area contributed by atoms with Crippen LogP contribution in [0, 0.1) is 0 Å². The molecule has 0 unspecified atom stereocenters. The van der Waals surface area contributed by atoms with Crippen LogP contribution in [0.25, 0.3) is 10.9 Å². The van der Waals surface area contributed by atoms with Crippen LogP contribution >= 0.6 is 0 Å². The second kappa shape index (κ2) is 10.3. The van der Waals surface area contributed by atoms with Gasteiger partial charge in [0.15, 0.2) is 5.82 Å². The van der Waals surface area contributed by atoms with E-state index in [1.807, 2.05) is 41.9 Å². The summed E-state index contributed by atoms with van der Waals surface area (Å²) in [6, 6.07) is 17.8. The van der Waals surface area contributed by atoms with E-state index in [1.54, 1.807) is 0 Å². The summed E-state index contributed by atoms with van der Waals surface area (Å²) in [5.74, 6) is 1.46. The van der Waals surface area contributed by atoms with Crippen LogP contribution in [0.4, 0.5) is 5.69 Å². The van der Waals surface area contributed by atoms with Gasteiger partial charge in [0.25, 0.3) is 5.56 Å². The number of ether oxygens (including phenoxy) is 1. The van der Waals surface area contributed by atoms with E-state index in [0.29, 0.717) is 18.0 Å². The molecule has 1 aliphatic rings. The van der Waals surface area contributed by atoms with E-state index in [4.69, 9.17) is 4.74 Å². The summed E-state index contributed by atoms with van der Waals surface area (Å²) >= 11 is 0. The Labute approximate surface area is 217 Å². The minimum Gasteiger partial charge on any atom is -0.494 e. The average molecular weight is 502 g/mol. The lowest BCUT2D eigenvalue weighted by atomic mass is 9.98. The van der Waals surface area contributed by atoms with Crippen LogP contribution in [0.5, 0.6) is 5.75 Å². The number of H-pyrrole nitrogens is 1. The number of aromatic amines is 1. The maximum atomic E-state index is 13.5. The van der Waals surface area contributed by atoms with Gasteiger partial charge in [-0.3, -0.25) is 9.69 Å². The Kier molecular flexibility index (Phi) is 6.97. The normalized spacial score (nSPS) is 15.7. The number of tetrazole rings is 1. The summed E-state index contributed by atoms with van der Waals surface area (Å²) in [6.07, 6.45) is 0.853. The molecule has 1 N–H and O–H groups in total. The first-order valence-corrected chi connectivity index (χ1v) is 13.0. The minimum atomic E-state index is -0.386. The van der Waals surface area contributed by atoms with Gasteiger partial charge >= 0.3 is 0 Å². The minimum absolute atomic E-state index is 0.129. The van der Waals surface area contributed by atoms with Crippen LogP contribution in [0.15, 0.2) is 59.4 Å². The van der Waals surface area contributed by atoms with Crippen molar-refractivity contribution < 1.29 is 4.74 Å². The quantitative estimate of drug-likeness (QED) is 0.391. The molecule has 0 aliphatic carbocycles. The van der Waals surface area contributed by atoms with Crippen LogP contribution in [0.3, 0.4) is 0 Å². The molecule has 3 heterocycles. The van der Waals surface area contributed by atoms with Gasteiger partial charge in [0, 0.05) is 48.3 Å². The van der Waals surface area contributed by atoms with E-state index in [2.05, 4.69) is 75.3 Å². The van der Waals surface area contributed by atoms with Gasteiger partial charge < -0.3 is 14.6 Å². The van der Waals surface area contributed by atoms with Crippen molar-refractivity contribution in [3.63, 3.8) is 0 Å². The smallest absolute Gasteiger partial charge is 0.253 e. The molecule has 9 heteroatoms. The van der Waals surface area contributed by atoms with Crippen molar-refractivity contribution in [3.8, 4) is 5.75 Å². The molecule has 1 atom stereocenters. The molecule has 2 aromatic heterocycles. The topological polar surface area (TPSA) is 92.2 Å². The number of anilines is 1. The van der Waals surface area contributed by atoms with Gasteiger partial charge in [-0.25, -0.2) is 4.68 Å². The molecule has 37 heavy (non-hydrogen) atoms. The highest BCUT2D eigenvalue weighted by Gasteiger charge is 2.35. The molecule has 4 aromatic rings. The second-order valence-electron chi connectivity index (χ2n) is 10.1. The van der Waals surface area contributed by atoms with E-state index in [9.17, 15) is 4.79 Å². The lowest BCUT2D eigenvalue weighted by Gasteiger charge is -2.40. The van der Waals surface area contributed by atoms with Gasteiger partial charge in [0.05, 0.1) is 12.1 Å². The molecule has 194 valence electrons. The van der Waals surface area contributed by atoms with Crippen LogP contribution in [0.2, 0.25) is 0 Å². The zero-order valence-electron chi connectivity index (χ0n) is 22.0. The number of nitrogens with one attached hydrogen (secondary N) is 1.